The Kier molecular flexibility index (Phi) is 2.17. The van der Waals surface area contributed by atoms with E-state index in [0.717, 1.165) is 0 Å². The molecule has 1 aliphatic carbocycles. The van der Waals surface area contributed by atoms with E-state index >= 15 is 0 Å². The van der Waals surface area contributed by atoms with Gasteiger partial charge in [-0.15, -0.1) is 0 Å². The third kappa shape index (κ3) is 1.39. The molecule has 1 heteroatoms. The van der Waals surface area contributed by atoms with Crippen molar-refractivity contribution in [2.45, 2.75) is 0 Å². The van der Waals surface area contributed by atoms with E-state index in [1.54, 1.807) is 0 Å². The molecule has 0 saturated carbocycles. The van der Waals surface area contributed by atoms with E-state index in [4.69, 9.17) is 0 Å². The maximum atomic E-state index is 3.74. The largest absolute Gasteiger partial charge is 0.0616 e. The Bertz CT molecular complexity index is 1040. The summed E-state index contributed by atoms with van der Waals surface area (Å²) in [5.41, 5.74) is 5.37. The molecule has 0 aromatic heterocycles. The van der Waals surface area contributed by atoms with Gasteiger partial charge in [0.25, 0.3) is 0 Å². The maximum absolute atomic E-state index is 3.74. The van der Waals surface area contributed by atoms with Gasteiger partial charge in [-0.1, -0.05) is 70.5 Å². The van der Waals surface area contributed by atoms with Crippen LogP contribution in [0.2, 0.25) is 0 Å². The zero-order chi connectivity index (χ0) is 14.0. The molecule has 0 N–H and O–H groups in total. The zero-order valence-corrected chi connectivity index (χ0v) is 12.8. The van der Waals surface area contributed by atoms with Gasteiger partial charge >= 0.3 is 0 Å². The summed E-state index contributed by atoms with van der Waals surface area (Å²) in [6, 6.07) is 24.1. The van der Waals surface area contributed by atoms with Crippen molar-refractivity contribution in [1.82, 2.24) is 0 Å². The minimum Gasteiger partial charge on any atom is -0.0616 e. The second kappa shape index (κ2) is 3.96. The first-order valence-corrected chi connectivity index (χ1v) is 7.87. The average Bonchev–Trinajstić information content (AvgIpc) is 2.86. The fraction of sp³-hybridized carbons (Fsp3) is 0. The molecule has 0 saturated heterocycles. The van der Waals surface area contributed by atoms with E-state index in [1.807, 2.05) is 0 Å². The fourth-order valence-electron chi connectivity index (χ4n) is 3.59. The van der Waals surface area contributed by atoms with Crippen LogP contribution in [0.3, 0.4) is 0 Å². The summed E-state index contributed by atoms with van der Waals surface area (Å²) in [5.74, 6) is 0. The molecule has 0 radical (unpaired) electrons. The van der Waals surface area contributed by atoms with E-state index in [1.165, 1.54) is 48.3 Å². The lowest BCUT2D eigenvalue weighted by Gasteiger charge is -2.08. The van der Waals surface area contributed by atoms with Gasteiger partial charge in [-0.3, -0.25) is 0 Å². The van der Waals surface area contributed by atoms with Crippen molar-refractivity contribution in [2.75, 3.05) is 0 Å². The summed E-state index contributed by atoms with van der Waals surface area (Å²) in [6.07, 6.45) is 0. The van der Waals surface area contributed by atoms with Crippen molar-refractivity contribution in [3.63, 3.8) is 0 Å². The Hall–Kier alpha value is -2.12. The Morgan fingerprint density at radius 1 is 0.619 bits per heavy atom. The van der Waals surface area contributed by atoms with E-state index in [0.29, 0.717) is 0 Å². The Morgan fingerprint density at radius 3 is 2.29 bits per heavy atom. The topological polar surface area (TPSA) is 0 Å². The van der Waals surface area contributed by atoms with Gasteiger partial charge in [0.1, 0.15) is 0 Å². The van der Waals surface area contributed by atoms with Crippen LogP contribution < -0.4 is 0 Å². The summed E-state index contributed by atoms with van der Waals surface area (Å²) in [4.78, 5) is 0. The highest BCUT2D eigenvalue weighted by molar-refractivity contribution is 9.10. The van der Waals surface area contributed by atoms with Crippen LogP contribution in [0.15, 0.2) is 71.2 Å². The second-order valence-electron chi connectivity index (χ2n) is 5.54. The van der Waals surface area contributed by atoms with Crippen molar-refractivity contribution in [2.24, 2.45) is 0 Å². The van der Waals surface area contributed by atoms with Crippen molar-refractivity contribution in [3.8, 4) is 22.3 Å². The van der Waals surface area contributed by atoms with E-state index in [9.17, 15) is 0 Å². The predicted molar refractivity (Wildman–Crippen MR) is 93.6 cm³/mol. The van der Waals surface area contributed by atoms with Crippen LogP contribution in [0.25, 0.3) is 43.8 Å². The van der Waals surface area contributed by atoms with Crippen molar-refractivity contribution in [1.29, 1.82) is 0 Å². The molecule has 4 aromatic carbocycles. The van der Waals surface area contributed by atoms with Gasteiger partial charge in [-0.25, -0.2) is 0 Å². The summed E-state index contributed by atoms with van der Waals surface area (Å²) in [7, 11) is 0. The SMILES string of the molecule is Brc1ccc2c3c(cc4ccccc42)-c2ccccc2-c13. The van der Waals surface area contributed by atoms with Crippen LogP contribution in [-0.2, 0) is 0 Å². The average molecular weight is 331 g/mol. The van der Waals surface area contributed by atoms with Gasteiger partial charge in [-0.05, 0) is 50.4 Å². The fourth-order valence-corrected chi connectivity index (χ4v) is 4.13. The van der Waals surface area contributed by atoms with E-state index in [-0.39, 0.29) is 0 Å². The summed E-state index contributed by atoms with van der Waals surface area (Å²) in [6.45, 7) is 0. The minimum atomic E-state index is 1.18. The summed E-state index contributed by atoms with van der Waals surface area (Å²) < 4.78 is 1.18. The lowest BCUT2D eigenvalue weighted by molar-refractivity contribution is 1.68. The molecule has 0 heterocycles. The highest BCUT2D eigenvalue weighted by Gasteiger charge is 2.23. The highest BCUT2D eigenvalue weighted by atomic mass is 79.9. The number of rotatable bonds is 0. The molecule has 98 valence electrons. The normalized spacial score (nSPS) is 12.0. The molecule has 0 spiro atoms. The maximum Gasteiger partial charge on any atom is 0.0260 e. The number of hydrogen-bond donors (Lipinski definition) is 0. The lowest BCUT2D eigenvalue weighted by Crippen LogP contribution is -1.81. The van der Waals surface area contributed by atoms with E-state index in [2.05, 4.69) is 82.7 Å². The van der Waals surface area contributed by atoms with Gasteiger partial charge in [0.05, 0.1) is 0 Å². The van der Waals surface area contributed by atoms with Gasteiger partial charge in [0, 0.05) is 10.0 Å². The molecule has 4 aromatic rings. The molecular formula is C20H11Br. The summed E-state index contributed by atoms with van der Waals surface area (Å²) >= 11 is 3.74. The molecule has 0 fully saturated rings. The molecule has 1 aliphatic rings. The minimum absolute atomic E-state index is 1.18. The van der Waals surface area contributed by atoms with Crippen LogP contribution in [-0.4, -0.2) is 0 Å². The van der Waals surface area contributed by atoms with Crippen molar-refractivity contribution in [3.05, 3.63) is 71.2 Å². The molecule has 0 nitrogen and oxygen atoms in total. The standard InChI is InChI=1S/C20H11Br/c21-18-10-9-16-13-6-2-1-5-12(13)11-17-14-7-3-4-8-15(14)20(18)19(16)17/h1-11H. The molecule has 0 aliphatic heterocycles. The summed E-state index contributed by atoms with van der Waals surface area (Å²) in [5, 5.41) is 5.37. The first-order valence-electron chi connectivity index (χ1n) is 7.08. The quantitative estimate of drug-likeness (QED) is 0.288. The molecule has 0 atom stereocenters. The zero-order valence-electron chi connectivity index (χ0n) is 11.2. The predicted octanol–water partition coefficient (Wildman–Crippen LogP) is 6.40. The first-order chi connectivity index (χ1) is 10.3. The Morgan fingerprint density at radius 2 is 1.38 bits per heavy atom. The van der Waals surface area contributed by atoms with Crippen LogP contribution in [0.4, 0.5) is 0 Å². The van der Waals surface area contributed by atoms with E-state index < -0.39 is 0 Å². The lowest BCUT2D eigenvalue weighted by atomic mass is 9.96. The molecule has 0 unspecified atom stereocenters. The molecule has 21 heavy (non-hydrogen) atoms. The highest BCUT2D eigenvalue weighted by Crippen LogP contribution is 2.51. The van der Waals surface area contributed by atoms with Gasteiger partial charge in [0.15, 0.2) is 0 Å². The van der Waals surface area contributed by atoms with Gasteiger partial charge in [-0.2, -0.15) is 0 Å². The monoisotopic (exact) mass is 330 g/mol. The number of fused-ring (bicyclic) bond motifs is 5. The number of benzene rings is 4. The van der Waals surface area contributed by atoms with Crippen LogP contribution >= 0.6 is 15.9 Å². The van der Waals surface area contributed by atoms with Gasteiger partial charge < -0.3 is 0 Å². The van der Waals surface area contributed by atoms with Crippen LogP contribution in [0, 0.1) is 0 Å². The molecule has 0 bridgehead atoms. The van der Waals surface area contributed by atoms with Gasteiger partial charge in [0.2, 0.25) is 0 Å². The van der Waals surface area contributed by atoms with Crippen LogP contribution in [0.5, 0.6) is 0 Å². The number of halogens is 1. The van der Waals surface area contributed by atoms with Crippen molar-refractivity contribution >= 4 is 37.5 Å². The third-order valence-corrected chi connectivity index (χ3v) is 5.12. The Balaban J connectivity index is 2.13. The number of hydrogen-bond acceptors (Lipinski definition) is 0. The Labute approximate surface area is 131 Å². The molecule has 0 amide bonds. The van der Waals surface area contributed by atoms with Crippen LogP contribution in [0.1, 0.15) is 0 Å². The first kappa shape index (κ1) is 11.5. The molecule has 5 rings (SSSR count). The van der Waals surface area contributed by atoms with Crippen molar-refractivity contribution < 1.29 is 0 Å². The smallest absolute Gasteiger partial charge is 0.0260 e. The second-order valence-corrected chi connectivity index (χ2v) is 6.39. The third-order valence-electron chi connectivity index (χ3n) is 4.46. The molecular weight excluding hydrogens is 320 g/mol.